The molecule has 0 aliphatic heterocycles. The highest BCUT2D eigenvalue weighted by atomic mass is 14.1. The Balaban J connectivity index is 3.42. The summed E-state index contributed by atoms with van der Waals surface area (Å²) in [6, 6.07) is 0. The average molecular weight is 210 g/mol. The van der Waals surface area contributed by atoms with Gasteiger partial charge in [-0.2, -0.15) is 0 Å². The summed E-state index contributed by atoms with van der Waals surface area (Å²) in [6.45, 7) is 9.25. The van der Waals surface area contributed by atoms with E-state index in [4.69, 9.17) is 0 Å². The fourth-order valence-corrected chi connectivity index (χ4v) is 1.96. The van der Waals surface area contributed by atoms with Gasteiger partial charge in [0, 0.05) is 0 Å². The molecule has 0 aromatic rings. The first-order chi connectivity index (χ1) is 7.20. The van der Waals surface area contributed by atoms with Gasteiger partial charge in [0.1, 0.15) is 0 Å². The van der Waals surface area contributed by atoms with Crippen molar-refractivity contribution in [2.75, 3.05) is 0 Å². The van der Waals surface area contributed by atoms with Gasteiger partial charge in [-0.3, -0.25) is 0 Å². The molecule has 0 saturated heterocycles. The molecule has 0 bridgehead atoms. The highest BCUT2D eigenvalue weighted by Gasteiger charge is 1.99. The lowest BCUT2D eigenvalue weighted by molar-refractivity contribution is 0.475. The van der Waals surface area contributed by atoms with E-state index >= 15 is 0 Å². The third kappa shape index (κ3) is 10.0. The first kappa shape index (κ1) is 14.7. The van der Waals surface area contributed by atoms with Crippen LogP contribution in [0.3, 0.4) is 0 Å². The molecular weight excluding hydrogens is 180 g/mol. The van der Waals surface area contributed by atoms with Gasteiger partial charge in [0.2, 0.25) is 0 Å². The van der Waals surface area contributed by atoms with Crippen LogP contribution in [0.15, 0.2) is 12.2 Å². The fraction of sp³-hybridized carbons (Fsp3) is 0.867. The minimum Gasteiger partial charge on any atom is -0.0883 e. The molecule has 15 heavy (non-hydrogen) atoms. The van der Waals surface area contributed by atoms with Gasteiger partial charge >= 0.3 is 0 Å². The van der Waals surface area contributed by atoms with Crippen LogP contribution >= 0.6 is 0 Å². The van der Waals surface area contributed by atoms with Crippen molar-refractivity contribution in [1.82, 2.24) is 0 Å². The maximum atomic E-state index is 2.40. The molecule has 0 amide bonds. The predicted molar refractivity (Wildman–Crippen MR) is 71.1 cm³/mol. The summed E-state index contributed by atoms with van der Waals surface area (Å²) in [5.41, 5.74) is 0. The summed E-state index contributed by atoms with van der Waals surface area (Å²) in [6.07, 6.45) is 14.2. The Labute approximate surface area is 97.2 Å². The first-order valence-electron chi connectivity index (χ1n) is 6.87. The molecule has 0 rings (SSSR count). The van der Waals surface area contributed by atoms with Gasteiger partial charge in [0.05, 0.1) is 0 Å². The zero-order chi connectivity index (χ0) is 11.5. The lowest BCUT2D eigenvalue weighted by atomic mass is 9.98. The van der Waals surface area contributed by atoms with Crippen LogP contribution in [0, 0.1) is 11.8 Å². The second-order valence-corrected chi connectivity index (χ2v) is 5.02. The zero-order valence-electron chi connectivity index (χ0n) is 11.3. The van der Waals surface area contributed by atoms with E-state index < -0.39 is 0 Å². The number of unbranched alkanes of at least 4 members (excludes halogenated alkanes) is 1. The number of rotatable bonds is 9. The molecule has 0 aliphatic rings. The summed E-state index contributed by atoms with van der Waals surface area (Å²) in [4.78, 5) is 0. The number of allylic oxidation sites excluding steroid dienone is 2. The summed E-state index contributed by atoms with van der Waals surface area (Å²) in [5.74, 6) is 1.69. The zero-order valence-corrected chi connectivity index (χ0v) is 11.3. The van der Waals surface area contributed by atoms with Gasteiger partial charge in [0.15, 0.2) is 0 Å². The summed E-state index contributed by atoms with van der Waals surface area (Å²) in [5, 5.41) is 0. The van der Waals surface area contributed by atoms with Crippen LogP contribution in [0.2, 0.25) is 0 Å². The van der Waals surface area contributed by atoms with Crippen LogP contribution in [-0.2, 0) is 0 Å². The third-order valence-electron chi connectivity index (χ3n) is 3.09. The average Bonchev–Trinajstić information content (AvgIpc) is 2.22. The van der Waals surface area contributed by atoms with Crippen molar-refractivity contribution < 1.29 is 0 Å². The molecule has 2 unspecified atom stereocenters. The molecule has 2 atom stereocenters. The largest absolute Gasteiger partial charge is 0.0883 e. The quantitative estimate of drug-likeness (QED) is 0.435. The Bertz CT molecular complexity index is 146. The predicted octanol–water partition coefficient (Wildman–Crippen LogP) is 5.59. The van der Waals surface area contributed by atoms with E-state index in [2.05, 4.69) is 39.8 Å². The van der Waals surface area contributed by atoms with E-state index in [0.717, 1.165) is 11.8 Å². The Hall–Kier alpha value is -0.260. The highest BCUT2D eigenvalue weighted by Crippen LogP contribution is 2.15. The minimum atomic E-state index is 0.779. The molecule has 0 aromatic carbocycles. The lowest BCUT2D eigenvalue weighted by Crippen LogP contribution is -1.93. The third-order valence-corrected chi connectivity index (χ3v) is 3.09. The van der Waals surface area contributed by atoms with Crippen LogP contribution < -0.4 is 0 Å². The summed E-state index contributed by atoms with van der Waals surface area (Å²) >= 11 is 0. The highest BCUT2D eigenvalue weighted by molar-refractivity contribution is 4.86. The molecule has 0 nitrogen and oxygen atoms in total. The van der Waals surface area contributed by atoms with Gasteiger partial charge in [-0.25, -0.2) is 0 Å². The Morgan fingerprint density at radius 1 is 0.933 bits per heavy atom. The van der Waals surface area contributed by atoms with Gasteiger partial charge in [-0.1, -0.05) is 65.5 Å². The van der Waals surface area contributed by atoms with Crippen LogP contribution in [0.1, 0.15) is 72.6 Å². The van der Waals surface area contributed by atoms with E-state index in [1.807, 2.05) is 0 Å². The fourth-order valence-electron chi connectivity index (χ4n) is 1.96. The van der Waals surface area contributed by atoms with Crippen LogP contribution in [-0.4, -0.2) is 0 Å². The van der Waals surface area contributed by atoms with E-state index in [0.29, 0.717) is 0 Å². The smallest absolute Gasteiger partial charge is 0.0262 e. The lowest BCUT2D eigenvalue weighted by Gasteiger charge is -2.08. The SMILES string of the molecule is CCCCC(C)CCC=CC(C)CCC. The molecule has 0 heterocycles. The minimum absolute atomic E-state index is 0.779. The van der Waals surface area contributed by atoms with Crippen LogP contribution in [0.5, 0.6) is 0 Å². The van der Waals surface area contributed by atoms with Gasteiger partial charge in [-0.05, 0) is 31.1 Å². The van der Waals surface area contributed by atoms with Crippen molar-refractivity contribution in [1.29, 1.82) is 0 Å². The van der Waals surface area contributed by atoms with Crippen LogP contribution in [0.25, 0.3) is 0 Å². The summed E-state index contributed by atoms with van der Waals surface area (Å²) < 4.78 is 0. The van der Waals surface area contributed by atoms with Crippen LogP contribution in [0.4, 0.5) is 0 Å². The molecule has 0 heteroatoms. The molecule has 0 saturated carbocycles. The second kappa shape index (κ2) is 10.3. The maximum Gasteiger partial charge on any atom is -0.0262 e. The van der Waals surface area contributed by atoms with Crippen molar-refractivity contribution in [2.45, 2.75) is 72.6 Å². The van der Waals surface area contributed by atoms with Gasteiger partial charge in [-0.15, -0.1) is 0 Å². The van der Waals surface area contributed by atoms with E-state index in [-0.39, 0.29) is 0 Å². The molecule has 0 N–H and O–H groups in total. The molecule has 0 spiro atoms. The van der Waals surface area contributed by atoms with Crippen molar-refractivity contribution in [3.05, 3.63) is 12.2 Å². The second-order valence-electron chi connectivity index (χ2n) is 5.02. The Kier molecular flexibility index (Phi) is 10.1. The number of hydrogen-bond donors (Lipinski definition) is 0. The monoisotopic (exact) mass is 210 g/mol. The molecule has 0 radical (unpaired) electrons. The van der Waals surface area contributed by atoms with Crippen molar-refractivity contribution >= 4 is 0 Å². The van der Waals surface area contributed by atoms with E-state index in [1.165, 1.54) is 44.9 Å². The Morgan fingerprint density at radius 2 is 1.67 bits per heavy atom. The first-order valence-corrected chi connectivity index (χ1v) is 6.87. The Morgan fingerprint density at radius 3 is 2.27 bits per heavy atom. The normalized spacial score (nSPS) is 15.7. The maximum absolute atomic E-state index is 2.40. The molecule has 0 fully saturated rings. The van der Waals surface area contributed by atoms with Crippen molar-refractivity contribution in [2.24, 2.45) is 11.8 Å². The molecule has 0 aliphatic carbocycles. The molecule has 90 valence electrons. The topological polar surface area (TPSA) is 0 Å². The van der Waals surface area contributed by atoms with Crippen molar-refractivity contribution in [3.63, 3.8) is 0 Å². The van der Waals surface area contributed by atoms with E-state index in [9.17, 15) is 0 Å². The standard InChI is InChI=1S/C15H30/c1-5-7-11-15(4)13-9-8-12-14(3)10-6-2/h8,12,14-15H,5-7,9-11,13H2,1-4H3. The van der Waals surface area contributed by atoms with Crippen molar-refractivity contribution in [3.8, 4) is 0 Å². The molecule has 0 aromatic heterocycles. The van der Waals surface area contributed by atoms with E-state index in [1.54, 1.807) is 0 Å². The van der Waals surface area contributed by atoms with Gasteiger partial charge in [0.25, 0.3) is 0 Å². The summed E-state index contributed by atoms with van der Waals surface area (Å²) in [7, 11) is 0. The molecular formula is C15H30. The van der Waals surface area contributed by atoms with Gasteiger partial charge < -0.3 is 0 Å². The number of hydrogen-bond acceptors (Lipinski definition) is 0.